The summed E-state index contributed by atoms with van der Waals surface area (Å²) in [5.74, 6) is 1.08. The van der Waals surface area contributed by atoms with Gasteiger partial charge in [-0.3, -0.25) is 4.79 Å². The smallest absolute Gasteiger partial charge is 0.223 e. The van der Waals surface area contributed by atoms with Gasteiger partial charge in [0.15, 0.2) is 0 Å². The number of ether oxygens (including phenoxy) is 1. The Morgan fingerprint density at radius 3 is 2.65 bits per heavy atom. The number of hydrogen-bond acceptors (Lipinski definition) is 3. The Morgan fingerprint density at radius 2 is 2.12 bits per heavy atom. The molecule has 0 N–H and O–H groups in total. The van der Waals surface area contributed by atoms with E-state index in [1.165, 1.54) is 5.56 Å². The van der Waals surface area contributed by atoms with Crippen molar-refractivity contribution in [1.29, 1.82) is 0 Å². The molecule has 0 aromatic heterocycles. The van der Waals surface area contributed by atoms with Crippen molar-refractivity contribution in [3.8, 4) is 5.75 Å². The van der Waals surface area contributed by atoms with E-state index in [1.807, 2.05) is 29.2 Å². The molecular formula is C13H17NO2S. The van der Waals surface area contributed by atoms with E-state index in [-0.39, 0.29) is 11.2 Å². The number of nitrogens with zero attached hydrogens (tertiary/aromatic N) is 1. The molecular weight excluding hydrogens is 234 g/mol. The second-order valence-electron chi connectivity index (χ2n) is 4.30. The third kappa shape index (κ3) is 3.16. The SMILES string of the molecule is COc1ccc(CCN2CC(S)CC2=O)cc1. The van der Waals surface area contributed by atoms with E-state index in [4.69, 9.17) is 4.74 Å². The van der Waals surface area contributed by atoms with E-state index in [1.54, 1.807) is 7.11 Å². The number of methoxy groups -OCH3 is 1. The maximum Gasteiger partial charge on any atom is 0.223 e. The molecule has 1 aliphatic heterocycles. The number of carbonyl (C=O) groups excluding carboxylic acids is 1. The number of amides is 1. The Kier molecular flexibility index (Phi) is 3.94. The molecule has 4 heteroatoms. The molecule has 0 bridgehead atoms. The van der Waals surface area contributed by atoms with Crippen LogP contribution in [0.25, 0.3) is 0 Å². The summed E-state index contributed by atoms with van der Waals surface area (Å²) in [6.45, 7) is 1.56. The summed E-state index contributed by atoms with van der Waals surface area (Å²) in [4.78, 5) is 13.5. The predicted molar refractivity (Wildman–Crippen MR) is 70.7 cm³/mol. The summed E-state index contributed by atoms with van der Waals surface area (Å²) in [6.07, 6.45) is 1.46. The molecule has 17 heavy (non-hydrogen) atoms. The predicted octanol–water partition coefficient (Wildman–Crippen LogP) is 1.77. The van der Waals surface area contributed by atoms with E-state index in [9.17, 15) is 4.79 Å². The van der Waals surface area contributed by atoms with Crippen LogP contribution in [0.4, 0.5) is 0 Å². The number of rotatable bonds is 4. The first-order chi connectivity index (χ1) is 8.19. The van der Waals surface area contributed by atoms with Gasteiger partial charge in [0.05, 0.1) is 7.11 Å². The van der Waals surface area contributed by atoms with Crippen LogP contribution in [0.2, 0.25) is 0 Å². The fourth-order valence-corrected chi connectivity index (χ4v) is 2.38. The maximum atomic E-state index is 11.6. The first kappa shape index (κ1) is 12.3. The van der Waals surface area contributed by atoms with E-state index >= 15 is 0 Å². The van der Waals surface area contributed by atoms with Crippen molar-refractivity contribution >= 4 is 18.5 Å². The van der Waals surface area contributed by atoms with Crippen LogP contribution in [0.15, 0.2) is 24.3 Å². The van der Waals surface area contributed by atoms with Crippen LogP contribution in [-0.4, -0.2) is 36.3 Å². The van der Waals surface area contributed by atoms with Gasteiger partial charge < -0.3 is 9.64 Å². The fourth-order valence-electron chi connectivity index (χ4n) is 2.02. The molecule has 1 aliphatic rings. The summed E-state index contributed by atoms with van der Waals surface area (Å²) in [7, 11) is 1.66. The first-order valence-electron chi connectivity index (χ1n) is 5.78. The zero-order valence-electron chi connectivity index (χ0n) is 9.93. The third-order valence-corrected chi connectivity index (χ3v) is 3.37. The van der Waals surface area contributed by atoms with Gasteiger partial charge in [0.25, 0.3) is 0 Å². The number of hydrogen-bond donors (Lipinski definition) is 1. The zero-order chi connectivity index (χ0) is 12.3. The Balaban J connectivity index is 1.87. The summed E-state index contributed by atoms with van der Waals surface area (Å²) >= 11 is 4.34. The molecule has 3 nitrogen and oxygen atoms in total. The van der Waals surface area contributed by atoms with Crippen LogP contribution in [0, 0.1) is 0 Å². The molecule has 92 valence electrons. The average Bonchev–Trinajstić information content (AvgIpc) is 2.66. The Hall–Kier alpha value is -1.16. The second kappa shape index (κ2) is 5.45. The van der Waals surface area contributed by atoms with Gasteiger partial charge in [-0.2, -0.15) is 12.6 Å². The summed E-state index contributed by atoms with van der Waals surface area (Å²) in [5.41, 5.74) is 1.22. The minimum atomic E-state index is 0.207. The molecule has 0 aliphatic carbocycles. The lowest BCUT2D eigenvalue weighted by Gasteiger charge is -2.15. The number of benzene rings is 1. The van der Waals surface area contributed by atoms with Crippen molar-refractivity contribution in [2.75, 3.05) is 20.2 Å². The minimum Gasteiger partial charge on any atom is -0.497 e. The zero-order valence-corrected chi connectivity index (χ0v) is 10.8. The monoisotopic (exact) mass is 251 g/mol. The van der Waals surface area contributed by atoms with Gasteiger partial charge in [-0.1, -0.05) is 12.1 Å². The highest BCUT2D eigenvalue weighted by atomic mass is 32.1. The van der Waals surface area contributed by atoms with Crippen LogP contribution >= 0.6 is 12.6 Å². The molecule has 1 aromatic rings. The molecule has 0 saturated carbocycles. The number of thiol groups is 1. The molecule has 1 unspecified atom stereocenters. The molecule has 1 heterocycles. The summed E-state index contributed by atoms with van der Waals surface area (Å²) in [6, 6.07) is 7.97. The highest BCUT2D eigenvalue weighted by Crippen LogP contribution is 2.17. The lowest BCUT2D eigenvalue weighted by atomic mass is 10.1. The largest absolute Gasteiger partial charge is 0.497 e. The third-order valence-electron chi connectivity index (χ3n) is 3.02. The summed E-state index contributed by atoms with van der Waals surface area (Å²) in [5, 5.41) is 0.207. The van der Waals surface area contributed by atoms with Gasteiger partial charge in [0.2, 0.25) is 5.91 Å². The normalized spacial score (nSPS) is 19.8. The second-order valence-corrected chi connectivity index (χ2v) is 5.03. The molecule has 1 amide bonds. The number of carbonyl (C=O) groups is 1. The Morgan fingerprint density at radius 1 is 1.41 bits per heavy atom. The molecule has 0 spiro atoms. The van der Waals surface area contributed by atoms with Crippen LogP contribution < -0.4 is 4.74 Å². The van der Waals surface area contributed by atoms with Crippen LogP contribution in [-0.2, 0) is 11.2 Å². The van der Waals surface area contributed by atoms with E-state index in [0.717, 1.165) is 25.3 Å². The van der Waals surface area contributed by atoms with Crippen LogP contribution in [0.1, 0.15) is 12.0 Å². The van der Waals surface area contributed by atoms with Crippen LogP contribution in [0.3, 0.4) is 0 Å². The molecule has 1 atom stereocenters. The molecule has 1 fully saturated rings. The van der Waals surface area contributed by atoms with Crippen LogP contribution in [0.5, 0.6) is 5.75 Å². The van der Waals surface area contributed by atoms with Gasteiger partial charge in [0, 0.05) is 24.8 Å². The quantitative estimate of drug-likeness (QED) is 0.826. The van der Waals surface area contributed by atoms with Crippen molar-refractivity contribution < 1.29 is 9.53 Å². The highest BCUT2D eigenvalue weighted by molar-refractivity contribution is 7.81. The highest BCUT2D eigenvalue weighted by Gasteiger charge is 2.26. The van der Waals surface area contributed by atoms with Crippen molar-refractivity contribution in [3.63, 3.8) is 0 Å². The molecule has 0 radical (unpaired) electrons. The maximum absolute atomic E-state index is 11.6. The van der Waals surface area contributed by atoms with Crippen molar-refractivity contribution in [2.45, 2.75) is 18.1 Å². The average molecular weight is 251 g/mol. The fraction of sp³-hybridized carbons (Fsp3) is 0.462. The standard InChI is InChI=1S/C13H17NO2S/c1-16-11-4-2-10(3-5-11)6-7-14-9-12(17)8-13(14)15/h2-5,12,17H,6-9H2,1H3. The lowest BCUT2D eigenvalue weighted by Crippen LogP contribution is -2.27. The van der Waals surface area contributed by atoms with Crippen molar-refractivity contribution in [1.82, 2.24) is 4.90 Å². The first-order valence-corrected chi connectivity index (χ1v) is 6.29. The molecule has 2 rings (SSSR count). The van der Waals surface area contributed by atoms with E-state index in [2.05, 4.69) is 12.6 Å². The van der Waals surface area contributed by atoms with Gasteiger partial charge >= 0.3 is 0 Å². The molecule has 1 aromatic carbocycles. The number of likely N-dealkylation sites (tertiary alicyclic amines) is 1. The van der Waals surface area contributed by atoms with E-state index in [0.29, 0.717) is 6.42 Å². The molecule has 1 saturated heterocycles. The van der Waals surface area contributed by atoms with Gasteiger partial charge in [-0.05, 0) is 24.1 Å². The minimum absolute atomic E-state index is 0.207. The van der Waals surface area contributed by atoms with Crippen molar-refractivity contribution in [2.24, 2.45) is 0 Å². The topological polar surface area (TPSA) is 29.5 Å². The Bertz CT molecular complexity index is 391. The summed E-state index contributed by atoms with van der Waals surface area (Å²) < 4.78 is 5.10. The van der Waals surface area contributed by atoms with Crippen molar-refractivity contribution in [3.05, 3.63) is 29.8 Å². The van der Waals surface area contributed by atoms with E-state index < -0.39 is 0 Å². The lowest BCUT2D eigenvalue weighted by molar-refractivity contribution is -0.127. The Labute approximate surface area is 107 Å². The van der Waals surface area contributed by atoms with Gasteiger partial charge in [-0.15, -0.1) is 0 Å². The van der Waals surface area contributed by atoms with Gasteiger partial charge in [0.1, 0.15) is 5.75 Å². The van der Waals surface area contributed by atoms with Gasteiger partial charge in [-0.25, -0.2) is 0 Å².